The largest absolute Gasteiger partial charge is 0.375 e. The Kier molecular flexibility index (Phi) is 8.42. The average Bonchev–Trinajstić information content (AvgIpc) is 2.88. The molecule has 0 spiro atoms. The molecule has 2 heterocycles. The summed E-state index contributed by atoms with van der Waals surface area (Å²) in [7, 11) is 0. The van der Waals surface area contributed by atoms with Crippen molar-refractivity contribution in [2.75, 3.05) is 18.1 Å². The van der Waals surface area contributed by atoms with Crippen molar-refractivity contribution in [3.8, 4) is 0 Å². The quantitative estimate of drug-likeness (QED) is 0.629. The van der Waals surface area contributed by atoms with Gasteiger partial charge in [0.1, 0.15) is 12.1 Å². The predicted molar refractivity (Wildman–Crippen MR) is 142 cm³/mol. The van der Waals surface area contributed by atoms with E-state index in [1.165, 1.54) is 6.42 Å². The standard InChI is InChI=1S/C29H40N4O3/c1-20-25(31-17-18-36-20)28(35)33(24-14-12-22(13-15-24)29(2,3)4)26(21-9-8-16-30-19-21)27(34)32-23-10-6-5-7-11-23/h8-9,12-16,19-20,23,25-26,31H,5-7,10-11,17-18H2,1-4H3,(H,32,34). The molecule has 1 saturated heterocycles. The van der Waals surface area contributed by atoms with E-state index >= 15 is 0 Å². The summed E-state index contributed by atoms with van der Waals surface area (Å²) in [6, 6.07) is 10.4. The number of aromatic nitrogens is 1. The number of pyridine rings is 1. The first-order chi connectivity index (χ1) is 17.3. The second-order valence-corrected chi connectivity index (χ2v) is 11.0. The third-order valence-electron chi connectivity index (χ3n) is 7.29. The molecule has 1 aliphatic heterocycles. The minimum Gasteiger partial charge on any atom is -0.375 e. The SMILES string of the molecule is CC1OCCNC1C(=O)N(c1ccc(C(C)(C)C)cc1)C(C(=O)NC1CCCCC1)c1cccnc1. The van der Waals surface area contributed by atoms with Crippen LogP contribution in [-0.4, -0.2) is 48.1 Å². The first-order valence-corrected chi connectivity index (χ1v) is 13.2. The lowest BCUT2D eigenvalue weighted by atomic mass is 9.87. The molecule has 2 aromatic rings. The summed E-state index contributed by atoms with van der Waals surface area (Å²) < 4.78 is 5.81. The van der Waals surface area contributed by atoms with Crippen LogP contribution in [0.4, 0.5) is 5.69 Å². The molecule has 4 rings (SSSR count). The van der Waals surface area contributed by atoms with Gasteiger partial charge < -0.3 is 15.4 Å². The molecule has 2 aliphatic rings. The van der Waals surface area contributed by atoms with Crippen LogP contribution < -0.4 is 15.5 Å². The highest BCUT2D eigenvalue weighted by Gasteiger charge is 2.40. The minimum atomic E-state index is -0.843. The maximum atomic E-state index is 14.2. The van der Waals surface area contributed by atoms with Gasteiger partial charge in [-0.2, -0.15) is 0 Å². The highest BCUT2D eigenvalue weighted by molar-refractivity contribution is 6.04. The van der Waals surface area contributed by atoms with Crippen molar-refractivity contribution in [2.45, 2.75) is 89.4 Å². The van der Waals surface area contributed by atoms with Crippen molar-refractivity contribution < 1.29 is 14.3 Å². The lowest BCUT2D eigenvalue weighted by Crippen LogP contribution is -2.59. The van der Waals surface area contributed by atoms with E-state index in [0.29, 0.717) is 24.4 Å². The normalized spacial score (nSPS) is 22.0. The molecular weight excluding hydrogens is 452 g/mol. The Morgan fingerprint density at radius 1 is 1.11 bits per heavy atom. The van der Waals surface area contributed by atoms with Crippen molar-refractivity contribution in [1.29, 1.82) is 0 Å². The summed E-state index contributed by atoms with van der Waals surface area (Å²) >= 11 is 0. The van der Waals surface area contributed by atoms with Crippen molar-refractivity contribution in [2.24, 2.45) is 0 Å². The number of ether oxygens (including phenoxy) is 1. The number of morpholine rings is 1. The van der Waals surface area contributed by atoms with E-state index in [1.807, 2.05) is 43.3 Å². The van der Waals surface area contributed by atoms with Crippen LogP contribution in [0.5, 0.6) is 0 Å². The van der Waals surface area contributed by atoms with E-state index in [4.69, 9.17) is 4.74 Å². The maximum Gasteiger partial charge on any atom is 0.248 e. The van der Waals surface area contributed by atoms with Gasteiger partial charge in [-0.15, -0.1) is 0 Å². The molecule has 3 atom stereocenters. The molecule has 2 fully saturated rings. The van der Waals surface area contributed by atoms with Crippen LogP contribution in [0.2, 0.25) is 0 Å². The number of anilines is 1. The van der Waals surface area contributed by atoms with Gasteiger partial charge in [0.05, 0.1) is 12.7 Å². The number of carbonyl (C=O) groups is 2. The Labute approximate surface area is 215 Å². The van der Waals surface area contributed by atoms with Gasteiger partial charge in [0.15, 0.2) is 0 Å². The number of hydrogen-bond acceptors (Lipinski definition) is 5. The van der Waals surface area contributed by atoms with Crippen LogP contribution in [0.15, 0.2) is 48.8 Å². The molecule has 7 heteroatoms. The number of nitrogens with zero attached hydrogens (tertiary/aromatic N) is 2. The molecule has 1 aromatic carbocycles. The summed E-state index contributed by atoms with van der Waals surface area (Å²) in [6.45, 7) is 9.52. The van der Waals surface area contributed by atoms with Gasteiger partial charge in [0.2, 0.25) is 11.8 Å². The van der Waals surface area contributed by atoms with Gasteiger partial charge >= 0.3 is 0 Å². The lowest BCUT2D eigenvalue weighted by molar-refractivity contribution is -0.131. The number of rotatable bonds is 6. The van der Waals surface area contributed by atoms with Crippen molar-refractivity contribution >= 4 is 17.5 Å². The highest BCUT2D eigenvalue weighted by Crippen LogP contribution is 2.32. The van der Waals surface area contributed by atoms with Gasteiger partial charge in [0, 0.05) is 36.2 Å². The third kappa shape index (κ3) is 6.13. The van der Waals surface area contributed by atoms with Crippen molar-refractivity contribution in [3.63, 3.8) is 0 Å². The number of nitrogens with one attached hydrogen (secondary N) is 2. The van der Waals surface area contributed by atoms with Gasteiger partial charge in [-0.05, 0) is 48.9 Å². The molecule has 2 N–H and O–H groups in total. The van der Waals surface area contributed by atoms with Crippen LogP contribution in [0, 0.1) is 0 Å². The smallest absolute Gasteiger partial charge is 0.248 e. The third-order valence-corrected chi connectivity index (χ3v) is 7.29. The number of amides is 2. The lowest BCUT2D eigenvalue weighted by Gasteiger charge is -2.38. The summed E-state index contributed by atoms with van der Waals surface area (Å²) in [4.78, 5) is 34.1. The Morgan fingerprint density at radius 2 is 1.83 bits per heavy atom. The fourth-order valence-electron chi connectivity index (χ4n) is 5.17. The zero-order valence-corrected chi connectivity index (χ0v) is 22.0. The molecule has 2 amide bonds. The van der Waals surface area contributed by atoms with E-state index in [1.54, 1.807) is 17.3 Å². The monoisotopic (exact) mass is 492 g/mol. The second-order valence-electron chi connectivity index (χ2n) is 11.0. The number of hydrogen-bond donors (Lipinski definition) is 2. The van der Waals surface area contributed by atoms with E-state index in [0.717, 1.165) is 31.2 Å². The Hall–Kier alpha value is -2.77. The molecule has 3 unspecified atom stereocenters. The fraction of sp³-hybridized carbons (Fsp3) is 0.552. The summed E-state index contributed by atoms with van der Waals surface area (Å²) in [6.07, 6.45) is 8.42. The number of benzene rings is 1. The van der Waals surface area contributed by atoms with E-state index in [2.05, 4.69) is 36.4 Å². The molecule has 1 saturated carbocycles. The van der Waals surface area contributed by atoms with Crippen LogP contribution in [0.1, 0.15) is 77.0 Å². The summed E-state index contributed by atoms with van der Waals surface area (Å²) in [5.41, 5.74) is 2.50. The molecule has 0 radical (unpaired) electrons. The Morgan fingerprint density at radius 3 is 2.44 bits per heavy atom. The van der Waals surface area contributed by atoms with Crippen molar-refractivity contribution in [1.82, 2.24) is 15.6 Å². The fourth-order valence-corrected chi connectivity index (χ4v) is 5.17. The minimum absolute atomic E-state index is 0.0260. The van der Waals surface area contributed by atoms with Crippen molar-refractivity contribution in [3.05, 3.63) is 59.9 Å². The molecular formula is C29H40N4O3. The maximum absolute atomic E-state index is 14.2. The topological polar surface area (TPSA) is 83.6 Å². The first-order valence-electron chi connectivity index (χ1n) is 13.2. The number of carbonyl (C=O) groups excluding carboxylic acids is 2. The zero-order chi connectivity index (χ0) is 25.7. The molecule has 194 valence electrons. The molecule has 0 bridgehead atoms. The predicted octanol–water partition coefficient (Wildman–Crippen LogP) is 4.28. The van der Waals surface area contributed by atoms with Gasteiger partial charge in [-0.25, -0.2) is 0 Å². The first kappa shape index (κ1) is 26.3. The van der Waals surface area contributed by atoms with Gasteiger partial charge in [0.25, 0.3) is 0 Å². The van der Waals surface area contributed by atoms with Crippen LogP contribution in [0.3, 0.4) is 0 Å². The Balaban J connectivity index is 1.76. The van der Waals surface area contributed by atoms with Gasteiger partial charge in [-0.1, -0.05) is 58.2 Å². The van der Waals surface area contributed by atoms with Crippen LogP contribution >= 0.6 is 0 Å². The molecule has 36 heavy (non-hydrogen) atoms. The second kappa shape index (κ2) is 11.5. The Bertz CT molecular complexity index is 1010. The average molecular weight is 493 g/mol. The highest BCUT2D eigenvalue weighted by atomic mass is 16.5. The van der Waals surface area contributed by atoms with E-state index < -0.39 is 12.1 Å². The molecule has 1 aromatic heterocycles. The van der Waals surface area contributed by atoms with Gasteiger partial charge in [-0.3, -0.25) is 19.5 Å². The van der Waals surface area contributed by atoms with Crippen LogP contribution in [0.25, 0.3) is 0 Å². The summed E-state index contributed by atoms with van der Waals surface area (Å²) in [5.74, 6) is -0.356. The van der Waals surface area contributed by atoms with Crippen LogP contribution in [-0.2, 0) is 19.7 Å². The molecule has 1 aliphatic carbocycles. The molecule has 7 nitrogen and oxygen atoms in total. The van der Waals surface area contributed by atoms with E-state index in [-0.39, 0.29) is 29.4 Å². The van der Waals surface area contributed by atoms with E-state index in [9.17, 15) is 9.59 Å². The summed E-state index contributed by atoms with van der Waals surface area (Å²) in [5, 5.41) is 6.58. The zero-order valence-electron chi connectivity index (χ0n) is 22.0.